The van der Waals surface area contributed by atoms with E-state index in [0.717, 1.165) is 5.56 Å². The van der Waals surface area contributed by atoms with E-state index in [1.807, 2.05) is 55.6 Å². The lowest BCUT2D eigenvalue weighted by Gasteiger charge is -2.24. The molecule has 0 spiro atoms. The van der Waals surface area contributed by atoms with Gasteiger partial charge in [-0.1, -0.05) is 35.9 Å². The first-order chi connectivity index (χ1) is 14.9. The number of carbonyl (C=O) groups excluding carboxylic acids is 3. The average molecular weight is 444 g/mol. The molecule has 2 rings (SSSR count). The van der Waals surface area contributed by atoms with E-state index in [2.05, 4.69) is 10.6 Å². The minimum absolute atomic E-state index is 0.112. The van der Waals surface area contributed by atoms with Crippen molar-refractivity contribution in [2.75, 3.05) is 37.5 Å². The number of nitrogens with one attached hydrogen (secondary N) is 2. The quantitative estimate of drug-likeness (QED) is 0.558. The van der Waals surface area contributed by atoms with Gasteiger partial charge in [-0.25, -0.2) is 0 Å². The molecule has 7 nitrogen and oxygen atoms in total. The number of nitrogens with zero attached hydrogens (tertiary/aromatic N) is 1. The zero-order chi connectivity index (χ0) is 22.6. The Bertz CT molecular complexity index is 859. The Kier molecular flexibility index (Phi) is 9.90. The maximum absolute atomic E-state index is 12.9. The number of aryl methyl sites for hydroxylation is 1. The summed E-state index contributed by atoms with van der Waals surface area (Å²) in [7, 11) is 1.55. The molecule has 2 aromatic carbocycles. The van der Waals surface area contributed by atoms with Gasteiger partial charge in [0, 0.05) is 12.7 Å². The van der Waals surface area contributed by atoms with Crippen LogP contribution in [-0.4, -0.2) is 60.9 Å². The van der Waals surface area contributed by atoms with Gasteiger partial charge in [0.2, 0.25) is 11.8 Å². The summed E-state index contributed by atoms with van der Waals surface area (Å²) in [5.41, 5.74) is 1.76. The Hall–Kier alpha value is -3.00. The Balaban J connectivity index is 1.89. The molecule has 0 aliphatic carbocycles. The van der Waals surface area contributed by atoms with Gasteiger partial charge < -0.3 is 20.3 Å². The van der Waals surface area contributed by atoms with Crippen molar-refractivity contribution in [3.63, 3.8) is 0 Å². The average Bonchev–Trinajstić information content (AvgIpc) is 2.77. The van der Waals surface area contributed by atoms with Crippen molar-refractivity contribution in [3.05, 3.63) is 60.2 Å². The minimum Gasteiger partial charge on any atom is -0.484 e. The number of rotatable bonds is 11. The zero-order valence-electron chi connectivity index (χ0n) is 18.1. The highest BCUT2D eigenvalue weighted by molar-refractivity contribution is 7.98. The summed E-state index contributed by atoms with van der Waals surface area (Å²) in [6, 6.07) is 15.7. The first-order valence-corrected chi connectivity index (χ1v) is 11.4. The summed E-state index contributed by atoms with van der Waals surface area (Å²) < 4.78 is 5.45. The van der Waals surface area contributed by atoms with Gasteiger partial charge in [0.15, 0.2) is 6.61 Å². The highest BCUT2D eigenvalue weighted by Crippen LogP contribution is 2.10. The standard InChI is InChI=1S/C23H29N3O4S/c1-17-9-11-18(12-10-17)24-21(27)15-26(2)23(29)20(13-14-31-3)25-22(28)16-30-19-7-5-4-6-8-19/h4-12,20H,13-16H2,1-3H3,(H,24,27)(H,25,28)/t20-/m1/s1. The van der Waals surface area contributed by atoms with Crippen LogP contribution in [0.4, 0.5) is 5.69 Å². The van der Waals surface area contributed by atoms with Crippen LogP contribution in [0, 0.1) is 6.92 Å². The van der Waals surface area contributed by atoms with Crippen molar-refractivity contribution in [2.24, 2.45) is 0 Å². The number of anilines is 1. The molecule has 166 valence electrons. The van der Waals surface area contributed by atoms with E-state index in [4.69, 9.17) is 4.74 Å². The molecule has 2 N–H and O–H groups in total. The van der Waals surface area contributed by atoms with Gasteiger partial charge in [-0.05, 0) is 49.6 Å². The smallest absolute Gasteiger partial charge is 0.258 e. The van der Waals surface area contributed by atoms with Crippen molar-refractivity contribution in [3.8, 4) is 5.75 Å². The fraction of sp³-hybridized carbons (Fsp3) is 0.348. The van der Waals surface area contributed by atoms with Gasteiger partial charge in [0.25, 0.3) is 5.91 Å². The number of ether oxygens (including phenoxy) is 1. The molecule has 0 aliphatic heterocycles. The molecular formula is C23H29N3O4S. The first kappa shape index (κ1) is 24.3. The second kappa shape index (κ2) is 12.6. The number of benzene rings is 2. The lowest BCUT2D eigenvalue weighted by molar-refractivity contribution is -0.137. The number of likely N-dealkylation sites (N-methyl/N-ethyl adjacent to an activating group) is 1. The minimum atomic E-state index is -0.725. The summed E-state index contributed by atoms with van der Waals surface area (Å²) in [5.74, 6) is 0.262. The maximum atomic E-state index is 12.9. The summed E-state index contributed by atoms with van der Waals surface area (Å²) in [6.07, 6.45) is 2.39. The molecule has 1 atom stereocenters. The molecule has 0 heterocycles. The molecule has 0 bridgehead atoms. The van der Waals surface area contributed by atoms with Crippen molar-refractivity contribution in [2.45, 2.75) is 19.4 Å². The summed E-state index contributed by atoms with van der Waals surface area (Å²) in [6.45, 7) is 1.66. The molecule has 31 heavy (non-hydrogen) atoms. The summed E-state index contributed by atoms with van der Waals surface area (Å²) in [4.78, 5) is 38.8. The van der Waals surface area contributed by atoms with Crippen molar-refractivity contribution >= 4 is 35.2 Å². The van der Waals surface area contributed by atoms with Crippen molar-refractivity contribution in [1.82, 2.24) is 10.2 Å². The molecule has 0 aromatic heterocycles. The highest BCUT2D eigenvalue weighted by Gasteiger charge is 2.25. The second-order valence-electron chi connectivity index (χ2n) is 7.11. The Labute approximate surface area is 187 Å². The van der Waals surface area contributed by atoms with Gasteiger partial charge >= 0.3 is 0 Å². The van der Waals surface area contributed by atoms with E-state index >= 15 is 0 Å². The van der Waals surface area contributed by atoms with E-state index in [-0.39, 0.29) is 30.9 Å². The molecular weight excluding hydrogens is 414 g/mol. The second-order valence-corrected chi connectivity index (χ2v) is 8.10. The lowest BCUT2D eigenvalue weighted by Crippen LogP contribution is -2.50. The van der Waals surface area contributed by atoms with Crippen LogP contribution in [0.3, 0.4) is 0 Å². The number of carbonyl (C=O) groups is 3. The number of amides is 3. The SMILES string of the molecule is CSCC[C@@H](NC(=O)COc1ccccc1)C(=O)N(C)CC(=O)Nc1ccc(C)cc1. The first-order valence-electron chi connectivity index (χ1n) is 9.96. The topological polar surface area (TPSA) is 87.7 Å². The molecule has 2 aromatic rings. The van der Waals surface area contributed by atoms with Crippen LogP contribution in [0.1, 0.15) is 12.0 Å². The van der Waals surface area contributed by atoms with Crippen LogP contribution in [0.2, 0.25) is 0 Å². The fourth-order valence-electron chi connectivity index (χ4n) is 2.79. The van der Waals surface area contributed by atoms with Crippen LogP contribution in [-0.2, 0) is 14.4 Å². The maximum Gasteiger partial charge on any atom is 0.258 e. The van der Waals surface area contributed by atoms with Crippen LogP contribution in [0.5, 0.6) is 5.75 Å². The van der Waals surface area contributed by atoms with Gasteiger partial charge in [-0.15, -0.1) is 0 Å². The van der Waals surface area contributed by atoms with Crippen LogP contribution in [0.25, 0.3) is 0 Å². The Morgan fingerprint density at radius 1 is 1.03 bits per heavy atom. The number of hydrogen-bond acceptors (Lipinski definition) is 5. The zero-order valence-corrected chi connectivity index (χ0v) is 18.9. The van der Waals surface area contributed by atoms with E-state index in [0.29, 0.717) is 23.6 Å². The summed E-state index contributed by atoms with van der Waals surface area (Å²) in [5, 5.41) is 5.50. The lowest BCUT2D eigenvalue weighted by atomic mass is 10.2. The number of hydrogen-bond donors (Lipinski definition) is 2. The van der Waals surface area contributed by atoms with Crippen LogP contribution >= 0.6 is 11.8 Å². The summed E-state index contributed by atoms with van der Waals surface area (Å²) >= 11 is 1.58. The molecule has 0 aliphatic rings. The molecule has 0 saturated heterocycles. The Morgan fingerprint density at radius 2 is 1.71 bits per heavy atom. The van der Waals surface area contributed by atoms with Gasteiger partial charge in [0.05, 0.1) is 6.54 Å². The van der Waals surface area contributed by atoms with Gasteiger partial charge in [-0.2, -0.15) is 11.8 Å². The van der Waals surface area contributed by atoms with Gasteiger partial charge in [0.1, 0.15) is 11.8 Å². The third kappa shape index (κ3) is 8.72. The third-order valence-corrected chi connectivity index (χ3v) is 5.09. The van der Waals surface area contributed by atoms with Crippen LogP contribution in [0.15, 0.2) is 54.6 Å². The predicted molar refractivity (Wildman–Crippen MR) is 124 cm³/mol. The van der Waals surface area contributed by atoms with Gasteiger partial charge in [-0.3, -0.25) is 14.4 Å². The van der Waals surface area contributed by atoms with Crippen molar-refractivity contribution < 1.29 is 19.1 Å². The molecule has 0 fully saturated rings. The third-order valence-electron chi connectivity index (χ3n) is 4.45. The molecule has 3 amide bonds. The van der Waals surface area contributed by atoms with E-state index in [9.17, 15) is 14.4 Å². The molecule has 0 radical (unpaired) electrons. The number of para-hydroxylation sites is 1. The predicted octanol–water partition coefficient (Wildman–Crippen LogP) is 2.71. The normalized spacial score (nSPS) is 11.3. The highest BCUT2D eigenvalue weighted by atomic mass is 32.2. The van der Waals surface area contributed by atoms with E-state index in [1.54, 1.807) is 30.9 Å². The monoisotopic (exact) mass is 443 g/mol. The fourth-order valence-corrected chi connectivity index (χ4v) is 3.26. The number of thioether (sulfide) groups is 1. The van der Waals surface area contributed by atoms with E-state index < -0.39 is 6.04 Å². The van der Waals surface area contributed by atoms with Crippen LogP contribution < -0.4 is 15.4 Å². The Morgan fingerprint density at radius 3 is 2.35 bits per heavy atom. The van der Waals surface area contributed by atoms with Crippen molar-refractivity contribution in [1.29, 1.82) is 0 Å². The molecule has 0 unspecified atom stereocenters. The molecule has 8 heteroatoms. The van der Waals surface area contributed by atoms with E-state index in [1.165, 1.54) is 4.90 Å². The molecule has 0 saturated carbocycles. The largest absolute Gasteiger partial charge is 0.484 e.